The van der Waals surface area contributed by atoms with E-state index in [1.165, 1.54) is 43.4 Å². The fourth-order valence-corrected chi connectivity index (χ4v) is 3.10. The summed E-state index contributed by atoms with van der Waals surface area (Å²) in [5.41, 5.74) is 1.03. The lowest BCUT2D eigenvalue weighted by atomic mass is 10.1. The minimum absolute atomic E-state index is 0.234. The molecule has 1 aromatic heterocycles. The van der Waals surface area contributed by atoms with E-state index in [9.17, 15) is 4.79 Å². The fourth-order valence-electron chi connectivity index (χ4n) is 2.33. The number of aryl methyl sites for hydroxylation is 1. The van der Waals surface area contributed by atoms with Crippen LogP contribution in [0.1, 0.15) is 66.4 Å². The molecule has 0 bridgehead atoms. The maximum Gasteiger partial charge on any atom is 0.257 e. The van der Waals surface area contributed by atoms with Crippen molar-refractivity contribution in [2.75, 3.05) is 5.32 Å². The van der Waals surface area contributed by atoms with Gasteiger partial charge < -0.3 is 0 Å². The van der Waals surface area contributed by atoms with Crippen LogP contribution in [-0.2, 0) is 6.42 Å². The predicted molar refractivity (Wildman–Crippen MR) is 96.1 cm³/mol. The van der Waals surface area contributed by atoms with Crippen molar-refractivity contribution in [2.24, 2.45) is 0 Å². The van der Waals surface area contributed by atoms with Crippen LogP contribution in [0, 0.1) is 11.3 Å². The predicted octanol–water partition coefficient (Wildman–Crippen LogP) is 4.57. The molecule has 24 heavy (non-hydrogen) atoms. The Morgan fingerprint density at radius 2 is 1.83 bits per heavy atom. The molecule has 1 amide bonds. The van der Waals surface area contributed by atoms with Gasteiger partial charge in [-0.05, 0) is 30.7 Å². The first-order valence-corrected chi connectivity index (χ1v) is 9.18. The number of hydrogen-bond donors (Lipinski definition) is 1. The summed E-state index contributed by atoms with van der Waals surface area (Å²) in [6.45, 7) is 2.22. The summed E-state index contributed by atoms with van der Waals surface area (Å²) < 4.78 is 0. The largest absolute Gasteiger partial charge is 0.296 e. The summed E-state index contributed by atoms with van der Waals surface area (Å²) in [6, 6.07) is 8.54. The topological polar surface area (TPSA) is 78.7 Å². The van der Waals surface area contributed by atoms with E-state index in [0.29, 0.717) is 16.3 Å². The van der Waals surface area contributed by atoms with Crippen LogP contribution in [0.4, 0.5) is 5.13 Å². The number of nitriles is 1. The molecule has 0 atom stereocenters. The third-order valence-electron chi connectivity index (χ3n) is 3.71. The van der Waals surface area contributed by atoms with Crippen LogP contribution in [0.2, 0.25) is 0 Å². The zero-order chi connectivity index (χ0) is 17.2. The number of nitrogens with one attached hydrogen (secondary N) is 1. The SMILES string of the molecule is CCCCCCCCc1nnc(NC(=O)c2ccc(C#N)cc2)s1. The molecule has 0 aliphatic heterocycles. The molecule has 0 saturated heterocycles. The number of aromatic nitrogens is 2. The quantitative estimate of drug-likeness (QED) is 0.677. The molecule has 1 N–H and O–H groups in total. The molecular weight excluding hydrogens is 320 g/mol. The average molecular weight is 342 g/mol. The van der Waals surface area contributed by atoms with Crippen LogP contribution < -0.4 is 5.32 Å². The Labute approximate surface area is 146 Å². The molecule has 1 heterocycles. The molecular formula is C18H22N4OS. The average Bonchev–Trinajstić information content (AvgIpc) is 3.05. The maximum absolute atomic E-state index is 12.1. The van der Waals surface area contributed by atoms with Gasteiger partial charge in [0.1, 0.15) is 5.01 Å². The molecule has 0 fully saturated rings. The highest BCUT2D eigenvalue weighted by Gasteiger charge is 2.10. The standard InChI is InChI=1S/C18H22N4OS/c1-2-3-4-5-6-7-8-16-21-22-18(24-16)20-17(23)15-11-9-14(13-19)10-12-15/h9-12H,2-8H2,1H3,(H,20,22,23). The van der Waals surface area contributed by atoms with Crippen molar-refractivity contribution in [1.29, 1.82) is 5.26 Å². The van der Waals surface area contributed by atoms with Crippen molar-refractivity contribution in [3.05, 3.63) is 40.4 Å². The summed E-state index contributed by atoms with van der Waals surface area (Å²) >= 11 is 1.43. The Bertz CT molecular complexity index is 688. The van der Waals surface area contributed by atoms with E-state index in [0.717, 1.165) is 17.8 Å². The molecule has 0 aliphatic carbocycles. The summed E-state index contributed by atoms with van der Waals surface area (Å²) in [5, 5.41) is 21.2. The van der Waals surface area contributed by atoms with E-state index < -0.39 is 0 Å². The van der Waals surface area contributed by atoms with Crippen molar-refractivity contribution in [1.82, 2.24) is 10.2 Å². The summed E-state index contributed by atoms with van der Waals surface area (Å²) in [5.74, 6) is -0.234. The first kappa shape index (κ1) is 18.1. The highest BCUT2D eigenvalue weighted by Crippen LogP contribution is 2.19. The molecule has 2 aromatic rings. The van der Waals surface area contributed by atoms with Crippen molar-refractivity contribution >= 4 is 22.4 Å². The lowest BCUT2D eigenvalue weighted by molar-refractivity contribution is 0.102. The smallest absolute Gasteiger partial charge is 0.257 e. The zero-order valence-electron chi connectivity index (χ0n) is 13.9. The van der Waals surface area contributed by atoms with Gasteiger partial charge in [-0.15, -0.1) is 10.2 Å². The van der Waals surface area contributed by atoms with Gasteiger partial charge >= 0.3 is 0 Å². The van der Waals surface area contributed by atoms with E-state index in [2.05, 4.69) is 22.4 Å². The Morgan fingerprint density at radius 3 is 2.54 bits per heavy atom. The normalized spacial score (nSPS) is 10.3. The Hall–Kier alpha value is -2.26. The Balaban J connectivity index is 1.78. The monoisotopic (exact) mass is 342 g/mol. The molecule has 1 aromatic carbocycles. The number of carbonyl (C=O) groups excluding carboxylic acids is 1. The zero-order valence-corrected chi connectivity index (χ0v) is 14.7. The fraction of sp³-hybridized carbons (Fsp3) is 0.444. The second-order valence-corrected chi connectivity index (χ2v) is 6.72. The van der Waals surface area contributed by atoms with Gasteiger partial charge in [-0.25, -0.2) is 0 Å². The molecule has 0 radical (unpaired) electrons. The van der Waals surface area contributed by atoms with Gasteiger partial charge in [-0.3, -0.25) is 10.1 Å². The van der Waals surface area contributed by atoms with Crippen LogP contribution in [0.15, 0.2) is 24.3 Å². The van der Waals surface area contributed by atoms with E-state index in [4.69, 9.17) is 5.26 Å². The van der Waals surface area contributed by atoms with Crippen molar-refractivity contribution in [2.45, 2.75) is 51.9 Å². The third-order valence-corrected chi connectivity index (χ3v) is 4.61. The molecule has 5 nitrogen and oxygen atoms in total. The molecule has 6 heteroatoms. The van der Waals surface area contributed by atoms with Gasteiger partial charge in [0, 0.05) is 12.0 Å². The number of rotatable bonds is 9. The van der Waals surface area contributed by atoms with Crippen molar-refractivity contribution < 1.29 is 4.79 Å². The number of benzene rings is 1. The molecule has 0 aliphatic rings. The second kappa shape index (κ2) is 9.78. The minimum Gasteiger partial charge on any atom is -0.296 e. The summed E-state index contributed by atoms with van der Waals surface area (Å²) in [4.78, 5) is 12.1. The molecule has 0 saturated carbocycles. The van der Waals surface area contributed by atoms with Crippen LogP contribution in [0.5, 0.6) is 0 Å². The number of unbranched alkanes of at least 4 members (excludes halogenated alkanes) is 5. The Morgan fingerprint density at radius 1 is 1.12 bits per heavy atom. The molecule has 0 unspecified atom stereocenters. The first-order valence-electron chi connectivity index (χ1n) is 8.37. The number of amides is 1. The highest BCUT2D eigenvalue weighted by atomic mass is 32.1. The summed E-state index contributed by atoms with van der Waals surface area (Å²) in [6.07, 6.45) is 8.39. The van der Waals surface area contributed by atoms with Gasteiger partial charge in [0.2, 0.25) is 5.13 Å². The third kappa shape index (κ3) is 5.74. The van der Waals surface area contributed by atoms with E-state index in [1.807, 2.05) is 6.07 Å². The Kier molecular flexibility index (Phi) is 7.37. The minimum atomic E-state index is -0.234. The van der Waals surface area contributed by atoms with Crippen LogP contribution >= 0.6 is 11.3 Å². The van der Waals surface area contributed by atoms with Gasteiger partial charge in [0.15, 0.2) is 0 Å². The van der Waals surface area contributed by atoms with Gasteiger partial charge in [-0.2, -0.15) is 5.26 Å². The molecule has 0 spiro atoms. The first-order chi connectivity index (χ1) is 11.7. The molecule has 2 rings (SSSR count). The van der Waals surface area contributed by atoms with Crippen LogP contribution in [-0.4, -0.2) is 16.1 Å². The lowest BCUT2D eigenvalue weighted by Crippen LogP contribution is -2.11. The van der Waals surface area contributed by atoms with E-state index in [1.54, 1.807) is 24.3 Å². The number of carbonyl (C=O) groups is 1. The van der Waals surface area contributed by atoms with Crippen LogP contribution in [0.25, 0.3) is 0 Å². The lowest BCUT2D eigenvalue weighted by Gasteiger charge is -2.00. The van der Waals surface area contributed by atoms with Gasteiger partial charge in [0.05, 0.1) is 11.6 Å². The molecule has 126 valence electrons. The summed E-state index contributed by atoms with van der Waals surface area (Å²) in [7, 11) is 0. The van der Waals surface area contributed by atoms with Gasteiger partial charge in [0.25, 0.3) is 5.91 Å². The number of hydrogen-bond acceptors (Lipinski definition) is 5. The maximum atomic E-state index is 12.1. The van der Waals surface area contributed by atoms with Crippen molar-refractivity contribution in [3.8, 4) is 6.07 Å². The van der Waals surface area contributed by atoms with E-state index in [-0.39, 0.29) is 5.91 Å². The van der Waals surface area contributed by atoms with E-state index >= 15 is 0 Å². The van der Waals surface area contributed by atoms with Gasteiger partial charge in [-0.1, -0.05) is 50.4 Å². The number of nitrogens with zero attached hydrogens (tertiary/aromatic N) is 3. The van der Waals surface area contributed by atoms with Crippen molar-refractivity contribution in [3.63, 3.8) is 0 Å². The van der Waals surface area contributed by atoms with Crippen LogP contribution in [0.3, 0.4) is 0 Å². The number of anilines is 1. The highest BCUT2D eigenvalue weighted by molar-refractivity contribution is 7.15. The second-order valence-electron chi connectivity index (χ2n) is 5.66.